The summed E-state index contributed by atoms with van der Waals surface area (Å²) in [5, 5.41) is 18.1. The summed E-state index contributed by atoms with van der Waals surface area (Å²) < 4.78 is 29.1. The number of aromatic nitrogens is 3. The number of nitrogens with zero attached hydrogens (tertiary/aromatic N) is 6. The molecule has 2 rings (SSSR count). The van der Waals surface area contributed by atoms with Gasteiger partial charge in [0.05, 0.1) is 6.34 Å². The zero-order chi connectivity index (χ0) is 27.2. The highest BCUT2D eigenvalue weighted by atomic mass is 28.4. The van der Waals surface area contributed by atoms with Gasteiger partial charge in [-0.1, -0.05) is 5.21 Å². The Kier molecular flexibility index (Phi) is 9.67. The zero-order valence-electron chi connectivity index (χ0n) is 21.6. The Morgan fingerprint density at radius 3 is 2.28 bits per heavy atom. The fraction of sp³-hybridized carbons (Fsp3) is 0.667. The molecule has 0 spiro atoms. The van der Waals surface area contributed by atoms with Crippen LogP contribution in [0.4, 0.5) is 5.82 Å². The summed E-state index contributed by atoms with van der Waals surface area (Å²) in [7, 11) is 1.31. The molecule has 5 atom stereocenters. The maximum Gasteiger partial charge on any atom is 0.303 e. The van der Waals surface area contributed by atoms with E-state index in [1.165, 1.54) is 31.8 Å². The topological polar surface area (TPSA) is 167 Å². The van der Waals surface area contributed by atoms with Crippen LogP contribution in [0.5, 0.6) is 0 Å². The van der Waals surface area contributed by atoms with Crippen LogP contribution in [0.15, 0.2) is 4.99 Å². The molecular formula is C21H32N6O8Si. The second-order valence-corrected chi connectivity index (χ2v) is 13.7. The Morgan fingerprint density at radius 2 is 1.78 bits per heavy atom. The molecule has 1 aliphatic rings. The van der Waals surface area contributed by atoms with Crippen LogP contribution >= 0.6 is 0 Å². The summed E-state index contributed by atoms with van der Waals surface area (Å²) in [6.07, 6.45) is -4.09. The van der Waals surface area contributed by atoms with Gasteiger partial charge in [0.25, 0.3) is 0 Å². The molecule has 0 bridgehead atoms. The van der Waals surface area contributed by atoms with Gasteiger partial charge >= 0.3 is 17.9 Å². The minimum absolute atomic E-state index is 0.116. The number of carbonyl (C=O) groups excluding carboxylic acids is 3. The standard InChI is InChI=1S/C21H32N6O8Si/c1-12(28)31-10-16-18(32-13(2)29)19(33-14(3)30)21(34-16)27-20(23-11-26(4)5)17(24-25-27)15(9-22)35-36(6,7)8/h11,15-16,18-19,21H,10H2,1-8H3/t15?,16-,18-,19-,21-/m1/s1. The molecule has 1 fully saturated rings. The molecule has 1 unspecified atom stereocenters. The first kappa shape index (κ1) is 28.9. The molecule has 0 aliphatic carbocycles. The van der Waals surface area contributed by atoms with Crippen LogP contribution in [0.1, 0.15) is 38.8 Å². The van der Waals surface area contributed by atoms with Crippen molar-refractivity contribution in [1.29, 1.82) is 5.26 Å². The van der Waals surface area contributed by atoms with Gasteiger partial charge in [-0.05, 0) is 19.6 Å². The smallest absolute Gasteiger partial charge is 0.303 e. The summed E-state index contributed by atoms with van der Waals surface area (Å²) in [5.74, 6) is -1.79. The van der Waals surface area contributed by atoms with Crippen LogP contribution in [0.25, 0.3) is 0 Å². The van der Waals surface area contributed by atoms with Crippen LogP contribution in [0, 0.1) is 11.3 Å². The molecule has 0 saturated carbocycles. The Hall–Kier alpha value is -3.35. The summed E-state index contributed by atoms with van der Waals surface area (Å²) in [6.45, 7) is 9.08. The van der Waals surface area contributed by atoms with E-state index in [9.17, 15) is 19.6 Å². The number of esters is 3. The Morgan fingerprint density at radius 1 is 1.17 bits per heavy atom. The summed E-state index contributed by atoms with van der Waals surface area (Å²) >= 11 is 0. The van der Waals surface area contributed by atoms with Gasteiger partial charge in [-0.2, -0.15) is 9.94 Å². The fourth-order valence-electron chi connectivity index (χ4n) is 3.32. The lowest BCUT2D eigenvalue weighted by atomic mass is 10.1. The second-order valence-electron chi connectivity index (χ2n) is 9.21. The monoisotopic (exact) mass is 524 g/mol. The Labute approximate surface area is 210 Å². The van der Waals surface area contributed by atoms with Crippen LogP contribution in [0.2, 0.25) is 19.6 Å². The zero-order valence-corrected chi connectivity index (χ0v) is 22.6. The SMILES string of the molecule is CC(=O)OC[C@H]1O[C@@H](n2nnc(C(C#N)O[Si](C)(C)C)c2N=CN(C)C)[C@H](OC(C)=O)[C@@H]1OC(C)=O. The molecule has 1 aromatic rings. The van der Waals surface area contributed by atoms with E-state index in [1.54, 1.807) is 19.0 Å². The van der Waals surface area contributed by atoms with Crippen molar-refractivity contribution in [2.75, 3.05) is 20.7 Å². The van der Waals surface area contributed by atoms with Crippen LogP contribution < -0.4 is 0 Å². The van der Waals surface area contributed by atoms with Crippen LogP contribution in [-0.4, -0.2) is 91.5 Å². The number of rotatable bonds is 10. The Balaban J connectivity index is 2.62. The van der Waals surface area contributed by atoms with E-state index in [0.29, 0.717) is 0 Å². The van der Waals surface area contributed by atoms with Crippen molar-refractivity contribution >= 4 is 38.4 Å². The lowest BCUT2D eigenvalue weighted by Crippen LogP contribution is -2.40. The lowest BCUT2D eigenvalue weighted by Gasteiger charge is -2.23. The summed E-state index contributed by atoms with van der Waals surface area (Å²) in [5.41, 5.74) is 0.135. The molecule has 1 aromatic heterocycles. The number of ether oxygens (including phenoxy) is 4. The molecule has 2 heterocycles. The quantitative estimate of drug-likeness (QED) is 0.141. The molecule has 36 heavy (non-hydrogen) atoms. The number of aliphatic imine (C=N–C) groups is 1. The molecule has 1 saturated heterocycles. The first-order valence-corrected chi connectivity index (χ1v) is 14.5. The van der Waals surface area contributed by atoms with Crippen molar-refractivity contribution in [3.63, 3.8) is 0 Å². The first-order chi connectivity index (χ1) is 16.7. The van der Waals surface area contributed by atoms with Crippen molar-refractivity contribution in [1.82, 2.24) is 19.9 Å². The third-order valence-corrected chi connectivity index (χ3v) is 5.47. The number of carbonyl (C=O) groups is 3. The highest BCUT2D eigenvalue weighted by molar-refractivity contribution is 6.69. The minimum Gasteiger partial charge on any atom is -0.463 e. The minimum atomic E-state index is -2.18. The maximum absolute atomic E-state index is 12.0. The molecule has 0 amide bonds. The summed E-state index contributed by atoms with van der Waals surface area (Å²) in [4.78, 5) is 41.3. The van der Waals surface area contributed by atoms with E-state index in [2.05, 4.69) is 21.4 Å². The second kappa shape index (κ2) is 12.1. The molecule has 198 valence electrons. The first-order valence-electron chi connectivity index (χ1n) is 11.1. The lowest BCUT2D eigenvalue weighted by molar-refractivity contribution is -0.166. The average Bonchev–Trinajstić information content (AvgIpc) is 3.29. The highest BCUT2D eigenvalue weighted by Gasteiger charge is 2.52. The van der Waals surface area contributed by atoms with Gasteiger partial charge in [-0.15, -0.1) is 5.10 Å². The van der Waals surface area contributed by atoms with E-state index in [-0.39, 0.29) is 18.1 Å². The third kappa shape index (κ3) is 7.83. The predicted octanol–water partition coefficient (Wildman–Crippen LogP) is 1.24. The molecule has 0 N–H and O–H groups in total. The maximum atomic E-state index is 12.0. The van der Waals surface area contributed by atoms with Gasteiger partial charge in [-0.3, -0.25) is 14.4 Å². The van der Waals surface area contributed by atoms with Crippen LogP contribution in [0.3, 0.4) is 0 Å². The Bertz CT molecular complexity index is 1030. The van der Waals surface area contributed by atoms with Gasteiger partial charge in [0.15, 0.2) is 44.4 Å². The number of hydrogen-bond donors (Lipinski definition) is 0. The largest absolute Gasteiger partial charge is 0.463 e. The molecule has 1 aliphatic heterocycles. The fourth-order valence-corrected chi connectivity index (χ4v) is 4.20. The molecule has 15 heteroatoms. The number of nitriles is 1. The third-order valence-electron chi connectivity index (χ3n) is 4.52. The van der Waals surface area contributed by atoms with Crippen LogP contribution in [-0.2, 0) is 37.8 Å². The predicted molar refractivity (Wildman–Crippen MR) is 126 cm³/mol. The van der Waals surface area contributed by atoms with Gasteiger partial charge < -0.3 is 28.3 Å². The molecular weight excluding hydrogens is 492 g/mol. The number of hydrogen-bond acceptors (Lipinski definition) is 12. The highest BCUT2D eigenvalue weighted by Crippen LogP contribution is 2.38. The molecule has 0 aromatic carbocycles. The van der Waals surface area contributed by atoms with Crippen molar-refractivity contribution in [3.05, 3.63) is 5.69 Å². The van der Waals surface area contributed by atoms with Crippen molar-refractivity contribution in [2.24, 2.45) is 4.99 Å². The summed E-state index contributed by atoms with van der Waals surface area (Å²) in [6, 6.07) is 2.08. The van der Waals surface area contributed by atoms with E-state index in [0.717, 1.165) is 0 Å². The van der Waals surface area contributed by atoms with Gasteiger partial charge in [-0.25, -0.2) is 4.99 Å². The van der Waals surface area contributed by atoms with E-state index in [4.69, 9.17) is 23.4 Å². The average molecular weight is 525 g/mol. The molecule has 0 radical (unpaired) electrons. The van der Waals surface area contributed by atoms with Crippen molar-refractivity contribution < 1.29 is 37.8 Å². The van der Waals surface area contributed by atoms with E-state index < -0.39 is 56.9 Å². The van der Waals surface area contributed by atoms with Gasteiger partial charge in [0, 0.05) is 34.9 Å². The normalized spacial score (nSPS) is 22.6. The molecule has 14 nitrogen and oxygen atoms in total. The van der Waals surface area contributed by atoms with E-state index in [1.807, 2.05) is 19.6 Å². The van der Waals surface area contributed by atoms with Crippen molar-refractivity contribution in [2.45, 2.75) is 71.1 Å². The van der Waals surface area contributed by atoms with Gasteiger partial charge in [0.1, 0.15) is 18.8 Å². The van der Waals surface area contributed by atoms with Crippen molar-refractivity contribution in [3.8, 4) is 6.07 Å². The van der Waals surface area contributed by atoms with E-state index >= 15 is 0 Å². The van der Waals surface area contributed by atoms with Gasteiger partial charge in [0.2, 0.25) is 0 Å².